The standard InChI is InChI=1S/C15H13NO4S/c1-20-12-8-6-11(7-9-12)15(17)16-10-21(18,19)14-5-3-2-4-13(14)16/h2-9H,10H2,1H3. The highest BCUT2D eigenvalue weighted by molar-refractivity contribution is 7.92. The van der Waals surface area contributed by atoms with Crippen molar-refractivity contribution in [1.82, 2.24) is 0 Å². The Balaban J connectivity index is 2.00. The summed E-state index contributed by atoms with van der Waals surface area (Å²) in [5, 5.41) is 0. The highest BCUT2D eigenvalue weighted by Gasteiger charge is 2.35. The van der Waals surface area contributed by atoms with Crippen LogP contribution in [0.15, 0.2) is 53.4 Å². The summed E-state index contributed by atoms with van der Waals surface area (Å²) < 4.78 is 29.2. The van der Waals surface area contributed by atoms with E-state index in [9.17, 15) is 13.2 Å². The molecule has 6 heteroatoms. The van der Waals surface area contributed by atoms with Crippen molar-refractivity contribution in [2.24, 2.45) is 0 Å². The van der Waals surface area contributed by atoms with E-state index in [1.54, 1.807) is 49.6 Å². The fourth-order valence-corrected chi connectivity index (χ4v) is 3.83. The number of fused-ring (bicyclic) bond motifs is 1. The van der Waals surface area contributed by atoms with Crippen LogP contribution in [-0.2, 0) is 9.84 Å². The van der Waals surface area contributed by atoms with E-state index in [4.69, 9.17) is 4.74 Å². The minimum absolute atomic E-state index is 0.201. The third kappa shape index (κ3) is 2.27. The maximum Gasteiger partial charge on any atom is 0.259 e. The largest absolute Gasteiger partial charge is 0.497 e. The molecular weight excluding hydrogens is 290 g/mol. The number of rotatable bonds is 2. The van der Waals surface area contributed by atoms with Gasteiger partial charge in [0.25, 0.3) is 5.91 Å². The van der Waals surface area contributed by atoms with Crippen LogP contribution >= 0.6 is 0 Å². The van der Waals surface area contributed by atoms with Crippen molar-refractivity contribution in [2.45, 2.75) is 4.90 Å². The van der Waals surface area contributed by atoms with Gasteiger partial charge in [-0.25, -0.2) is 8.42 Å². The molecule has 1 heterocycles. The van der Waals surface area contributed by atoms with E-state index in [1.165, 1.54) is 11.0 Å². The highest BCUT2D eigenvalue weighted by atomic mass is 32.2. The average molecular weight is 303 g/mol. The van der Waals surface area contributed by atoms with Crippen molar-refractivity contribution >= 4 is 21.4 Å². The lowest BCUT2D eigenvalue weighted by molar-refractivity contribution is 0.0991. The summed E-state index contributed by atoms with van der Waals surface area (Å²) in [6.07, 6.45) is 0. The first-order valence-corrected chi connectivity index (χ1v) is 7.96. The van der Waals surface area contributed by atoms with E-state index in [0.717, 1.165) is 0 Å². The van der Waals surface area contributed by atoms with Crippen LogP contribution in [0, 0.1) is 0 Å². The first-order valence-electron chi connectivity index (χ1n) is 6.30. The lowest BCUT2D eigenvalue weighted by Gasteiger charge is -2.15. The first kappa shape index (κ1) is 13.6. The zero-order valence-corrected chi connectivity index (χ0v) is 12.1. The van der Waals surface area contributed by atoms with Crippen LogP contribution in [0.3, 0.4) is 0 Å². The first-order chi connectivity index (χ1) is 10.0. The molecule has 1 aliphatic heterocycles. The predicted octanol–water partition coefficient (Wildman–Crippen LogP) is 2.09. The maximum absolute atomic E-state index is 12.5. The number of ether oxygens (including phenoxy) is 1. The summed E-state index contributed by atoms with van der Waals surface area (Å²) >= 11 is 0. The summed E-state index contributed by atoms with van der Waals surface area (Å²) in [5.41, 5.74) is 0.848. The fourth-order valence-electron chi connectivity index (χ4n) is 2.31. The summed E-state index contributed by atoms with van der Waals surface area (Å²) in [5.74, 6) is -0.0239. The monoisotopic (exact) mass is 303 g/mol. The summed E-state index contributed by atoms with van der Waals surface area (Å²) in [6.45, 7) is 0. The number of anilines is 1. The second-order valence-electron chi connectivity index (χ2n) is 4.67. The van der Waals surface area contributed by atoms with Crippen molar-refractivity contribution in [1.29, 1.82) is 0 Å². The zero-order chi connectivity index (χ0) is 15.0. The molecule has 0 saturated heterocycles. The Bertz CT molecular complexity index is 797. The van der Waals surface area contributed by atoms with E-state index in [-0.39, 0.29) is 16.7 Å². The summed E-state index contributed by atoms with van der Waals surface area (Å²) in [7, 11) is -1.90. The number of sulfone groups is 1. The Morgan fingerprint density at radius 2 is 1.76 bits per heavy atom. The van der Waals surface area contributed by atoms with Gasteiger partial charge in [-0.3, -0.25) is 9.69 Å². The number of nitrogens with zero attached hydrogens (tertiary/aromatic N) is 1. The summed E-state index contributed by atoms with van der Waals surface area (Å²) in [4.78, 5) is 14.0. The lowest BCUT2D eigenvalue weighted by Crippen LogP contribution is -2.30. The van der Waals surface area contributed by atoms with Crippen molar-refractivity contribution < 1.29 is 17.9 Å². The molecule has 0 aliphatic carbocycles. The minimum atomic E-state index is -3.44. The molecular formula is C15H13NO4S. The number of methoxy groups -OCH3 is 1. The molecule has 2 aromatic carbocycles. The van der Waals surface area contributed by atoms with Gasteiger partial charge >= 0.3 is 0 Å². The highest BCUT2D eigenvalue weighted by Crippen LogP contribution is 2.34. The van der Waals surface area contributed by atoms with Gasteiger partial charge in [0, 0.05) is 5.56 Å². The van der Waals surface area contributed by atoms with Gasteiger partial charge in [0.15, 0.2) is 9.84 Å². The summed E-state index contributed by atoms with van der Waals surface area (Å²) in [6, 6.07) is 13.1. The Kier molecular flexibility index (Phi) is 3.17. The topological polar surface area (TPSA) is 63.7 Å². The van der Waals surface area contributed by atoms with Gasteiger partial charge in [-0.15, -0.1) is 0 Å². The molecule has 0 atom stereocenters. The Hall–Kier alpha value is -2.34. The fraction of sp³-hybridized carbons (Fsp3) is 0.133. The molecule has 0 saturated carbocycles. The minimum Gasteiger partial charge on any atom is -0.497 e. The van der Waals surface area contributed by atoms with Gasteiger partial charge in [0.2, 0.25) is 0 Å². The van der Waals surface area contributed by atoms with Gasteiger partial charge in [-0.05, 0) is 36.4 Å². The molecule has 108 valence electrons. The van der Waals surface area contributed by atoms with E-state index < -0.39 is 9.84 Å². The molecule has 0 fully saturated rings. The number of amides is 1. The van der Waals surface area contributed by atoms with Crippen LogP contribution in [0.5, 0.6) is 5.75 Å². The van der Waals surface area contributed by atoms with E-state index in [1.807, 2.05) is 0 Å². The van der Waals surface area contributed by atoms with Gasteiger partial charge in [0.05, 0.1) is 17.7 Å². The average Bonchev–Trinajstić information content (AvgIpc) is 2.79. The molecule has 21 heavy (non-hydrogen) atoms. The van der Waals surface area contributed by atoms with Crippen LogP contribution in [0.4, 0.5) is 5.69 Å². The van der Waals surface area contributed by atoms with Gasteiger partial charge in [0.1, 0.15) is 11.6 Å². The van der Waals surface area contributed by atoms with Crippen molar-refractivity contribution in [2.75, 3.05) is 17.9 Å². The van der Waals surface area contributed by atoms with Crippen molar-refractivity contribution in [3.63, 3.8) is 0 Å². The molecule has 0 unspecified atom stereocenters. The predicted molar refractivity (Wildman–Crippen MR) is 78.3 cm³/mol. The second-order valence-corrected chi connectivity index (χ2v) is 6.60. The Labute approximate surface area is 122 Å². The van der Waals surface area contributed by atoms with Gasteiger partial charge in [-0.1, -0.05) is 12.1 Å². The lowest BCUT2D eigenvalue weighted by atomic mass is 10.2. The van der Waals surface area contributed by atoms with E-state index >= 15 is 0 Å². The second kappa shape index (κ2) is 4.89. The SMILES string of the molecule is COc1ccc(C(=O)N2CS(=O)(=O)c3ccccc32)cc1. The quantitative estimate of drug-likeness (QED) is 0.852. The number of para-hydroxylation sites is 1. The van der Waals surface area contributed by atoms with Crippen molar-refractivity contribution in [3.8, 4) is 5.75 Å². The van der Waals surface area contributed by atoms with Gasteiger partial charge < -0.3 is 4.74 Å². The molecule has 1 amide bonds. The van der Waals surface area contributed by atoms with Crippen molar-refractivity contribution in [3.05, 3.63) is 54.1 Å². The van der Waals surface area contributed by atoms with Crippen LogP contribution in [-0.4, -0.2) is 27.3 Å². The smallest absolute Gasteiger partial charge is 0.259 e. The molecule has 2 aromatic rings. The van der Waals surface area contributed by atoms with E-state index in [0.29, 0.717) is 17.0 Å². The van der Waals surface area contributed by atoms with Crippen LogP contribution in [0.2, 0.25) is 0 Å². The Morgan fingerprint density at radius 1 is 1.10 bits per heavy atom. The third-order valence-electron chi connectivity index (χ3n) is 3.37. The molecule has 5 nitrogen and oxygen atoms in total. The number of hydrogen-bond donors (Lipinski definition) is 0. The molecule has 0 aromatic heterocycles. The van der Waals surface area contributed by atoms with Crippen LogP contribution in [0.25, 0.3) is 0 Å². The maximum atomic E-state index is 12.5. The van der Waals surface area contributed by atoms with Crippen LogP contribution < -0.4 is 9.64 Å². The number of carbonyl (C=O) groups is 1. The number of benzene rings is 2. The number of carbonyl (C=O) groups excluding carboxylic acids is 1. The molecule has 3 rings (SSSR count). The molecule has 0 spiro atoms. The van der Waals surface area contributed by atoms with E-state index in [2.05, 4.69) is 0 Å². The Morgan fingerprint density at radius 3 is 2.43 bits per heavy atom. The molecule has 0 radical (unpaired) electrons. The normalized spacial score (nSPS) is 15.6. The molecule has 0 bridgehead atoms. The molecule has 1 aliphatic rings. The number of hydrogen-bond acceptors (Lipinski definition) is 4. The van der Waals surface area contributed by atoms with Crippen LogP contribution in [0.1, 0.15) is 10.4 Å². The third-order valence-corrected chi connectivity index (χ3v) is 4.99. The zero-order valence-electron chi connectivity index (χ0n) is 11.3. The molecule has 0 N–H and O–H groups in total. The van der Waals surface area contributed by atoms with Gasteiger partial charge in [-0.2, -0.15) is 0 Å².